The zero-order valence-electron chi connectivity index (χ0n) is 15.2. The van der Waals surface area contributed by atoms with Crippen LogP contribution in [0.15, 0.2) is 24.3 Å². The van der Waals surface area contributed by atoms with Gasteiger partial charge in [-0.25, -0.2) is 0 Å². The molecule has 0 aromatic heterocycles. The van der Waals surface area contributed by atoms with Gasteiger partial charge in [-0.1, -0.05) is 57.2 Å². The number of hydrogen-bond acceptors (Lipinski definition) is 4. The average Bonchev–Trinajstić information content (AvgIpc) is 2.61. The summed E-state index contributed by atoms with van der Waals surface area (Å²) in [6, 6.07) is 7.74. The van der Waals surface area contributed by atoms with Crippen LogP contribution in [0, 0.1) is 5.92 Å². The summed E-state index contributed by atoms with van der Waals surface area (Å²) in [5, 5.41) is 9.15. The molecule has 1 saturated heterocycles. The Balaban J connectivity index is 1.74. The van der Waals surface area contributed by atoms with Crippen molar-refractivity contribution in [3.63, 3.8) is 0 Å². The third kappa shape index (κ3) is 5.96. The van der Waals surface area contributed by atoms with E-state index in [2.05, 4.69) is 6.92 Å². The highest BCUT2D eigenvalue weighted by Crippen LogP contribution is 2.26. The van der Waals surface area contributed by atoms with Crippen molar-refractivity contribution in [2.24, 2.45) is 5.92 Å². The Labute approximate surface area is 150 Å². The SMILES string of the molecule is CCCCCCCCC(=O)c1cccc(CC[C@@H]2OC(=O)[C@H]2CO)c1. The molecule has 1 aliphatic rings. The summed E-state index contributed by atoms with van der Waals surface area (Å²) in [6.07, 6.45) is 8.94. The van der Waals surface area contributed by atoms with Gasteiger partial charge in [-0.05, 0) is 30.9 Å². The van der Waals surface area contributed by atoms with Crippen molar-refractivity contribution in [1.82, 2.24) is 0 Å². The zero-order valence-corrected chi connectivity index (χ0v) is 15.2. The number of Topliss-reactive ketones (excluding diaryl/α,β-unsaturated/α-hetero) is 1. The lowest BCUT2D eigenvalue weighted by Crippen LogP contribution is -2.47. The van der Waals surface area contributed by atoms with Crippen molar-refractivity contribution in [1.29, 1.82) is 0 Å². The molecule has 138 valence electrons. The number of cyclic esters (lactones) is 1. The molecule has 1 fully saturated rings. The van der Waals surface area contributed by atoms with E-state index < -0.39 is 0 Å². The van der Waals surface area contributed by atoms with Crippen molar-refractivity contribution >= 4 is 11.8 Å². The van der Waals surface area contributed by atoms with Crippen LogP contribution < -0.4 is 0 Å². The molecule has 1 N–H and O–H groups in total. The van der Waals surface area contributed by atoms with Crippen molar-refractivity contribution in [3.8, 4) is 0 Å². The van der Waals surface area contributed by atoms with E-state index in [9.17, 15) is 9.59 Å². The number of unbranched alkanes of at least 4 members (excludes halogenated alkanes) is 5. The highest BCUT2D eigenvalue weighted by molar-refractivity contribution is 5.96. The van der Waals surface area contributed by atoms with Crippen LogP contribution in [-0.2, 0) is 16.0 Å². The van der Waals surface area contributed by atoms with Gasteiger partial charge < -0.3 is 9.84 Å². The lowest BCUT2D eigenvalue weighted by molar-refractivity contribution is -0.188. The molecule has 25 heavy (non-hydrogen) atoms. The molecule has 1 aliphatic heterocycles. The van der Waals surface area contributed by atoms with Crippen LogP contribution in [0.4, 0.5) is 0 Å². The van der Waals surface area contributed by atoms with Crippen LogP contribution in [-0.4, -0.2) is 29.6 Å². The molecule has 0 unspecified atom stereocenters. The van der Waals surface area contributed by atoms with Gasteiger partial charge in [-0.15, -0.1) is 0 Å². The predicted octanol–water partition coefficient (Wildman–Crippen LogP) is 4.09. The second-order valence-corrected chi connectivity index (χ2v) is 6.94. The summed E-state index contributed by atoms with van der Waals surface area (Å²) in [7, 11) is 0. The minimum atomic E-state index is -0.377. The number of carbonyl (C=O) groups excluding carboxylic acids is 2. The maximum absolute atomic E-state index is 12.3. The molecule has 2 atom stereocenters. The molecule has 1 aromatic carbocycles. The van der Waals surface area contributed by atoms with E-state index in [0.29, 0.717) is 12.8 Å². The van der Waals surface area contributed by atoms with Gasteiger partial charge in [0.25, 0.3) is 0 Å². The molecule has 0 saturated carbocycles. The number of carbonyl (C=O) groups is 2. The molecule has 0 spiro atoms. The summed E-state index contributed by atoms with van der Waals surface area (Å²) < 4.78 is 5.07. The number of benzene rings is 1. The van der Waals surface area contributed by atoms with Crippen LogP contribution in [0.3, 0.4) is 0 Å². The van der Waals surface area contributed by atoms with E-state index in [1.165, 1.54) is 25.7 Å². The van der Waals surface area contributed by atoms with E-state index in [-0.39, 0.29) is 30.4 Å². The third-order valence-corrected chi connectivity index (χ3v) is 4.94. The Morgan fingerprint density at radius 1 is 1.16 bits per heavy atom. The third-order valence-electron chi connectivity index (χ3n) is 4.94. The molecular weight excluding hydrogens is 316 g/mol. The number of ether oxygens (including phenoxy) is 1. The lowest BCUT2D eigenvalue weighted by atomic mass is 9.91. The number of ketones is 1. The fourth-order valence-corrected chi connectivity index (χ4v) is 3.27. The molecule has 2 rings (SSSR count). The highest BCUT2D eigenvalue weighted by Gasteiger charge is 2.41. The summed E-state index contributed by atoms with van der Waals surface area (Å²) in [5.74, 6) is -0.478. The summed E-state index contributed by atoms with van der Waals surface area (Å²) in [4.78, 5) is 23.5. The minimum absolute atomic E-state index is 0.152. The van der Waals surface area contributed by atoms with Gasteiger partial charge >= 0.3 is 5.97 Å². The van der Waals surface area contributed by atoms with Gasteiger partial charge in [-0.3, -0.25) is 9.59 Å². The Morgan fingerprint density at radius 2 is 1.92 bits per heavy atom. The molecule has 4 heteroatoms. The van der Waals surface area contributed by atoms with Gasteiger partial charge in [-0.2, -0.15) is 0 Å². The van der Waals surface area contributed by atoms with E-state index in [0.717, 1.165) is 30.4 Å². The minimum Gasteiger partial charge on any atom is -0.461 e. The first-order valence-electron chi connectivity index (χ1n) is 9.59. The van der Waals surface area contributed by atoms with Crippen LogP contribution in [0.5, 0.6) is 0 Å². The summed E-state index contributed by atoms with van der Waals surface area (Å²) >= 11 is 0. The quantitative estimate of drug-likeness (QED) is 0.352. The number of rotatable bonds is 12. The smallest absolute Gasteiger partial charge is 0.315 e. The van der Waals surface area contributed by atoms with Gasteiger partial charge in [0.1, 0.15) is 12.0 Å². The van der Waals surface area contributed by atoms with Gasteiger partial charge in [0.05, 0.1) is 6.61 Å². The Morgan fingerprint density at radius 3 is 2.64 bits per heavy atom. The van der Waals surface area contributed by atoms with Gasteiger partial charge in [0.15, 0.2) is 5.78 Å². The Hall–Kier alpha value is -1.68. The van der Waals surface area contributed by atoms with Crippen molar-refractivity contribution in [2.45, 2.75) is 70.8 Å². The number of esters is 1. The van der Waals surface area contributed by atoms with E-state index in [1.807, 2.05) is 24.3 Å². The number of aliphatic hydroxyl groups is 1. The van der Waals surface area contributed by atoms with Crippen LogP contribution in [0.1, 0.15) is 74.2 Å². The maximum Gasteiger partial charge on any atom is 0.315 e. The Kier molecular flexibility index (Phi) is 8.13. The molecule has 1 heterocycles. The second kappa shape index (κ2) is 10.3. The van der Waals surface area contributed by atoms with E-state index >= 15 is 0 Å². The van der Waals surface area contributed by atoms with Crippen molar-refractivity contribution < 1.29 is 19.4 Å². The molecule has 0 radical (unpaired) electrons. The van der Waals surface area contributed by atoms with Crippen LogP contribution in [0.2, 0.25) is 0 Å². The van der Waals surface area contributed by atoms with E-state index in [4.69, 9.17) is 9.84 Å². The topological polar surface area (TPSA) is 63.6 Å². The summed E-state index contributed by atoms with van der Waals surface area (Å²) in [5.41, 5.74) is 1.85. The molecule has 0 aliphatic carbocycles. The fraction of sp³-hybridized carbons (Fsp3) is 0.619. The molecule has 1 aromatic rings. The molecule has 0 bridgehead atoms. The second-order valence-electron chi connectivity index (χ2n) is 6.94. The van der Waals surface area contributed by atoms with Crippen molar-refractivity contribution in [3.05, 3.63) is 35.4 Å². The van der Waals surface area contributed by atoms with Gasteiger partial charge in [0, 0.05) is 12.0 Å². The zero-order chi connectivity index (χ0) is 18.1. The number of aliphatic hydroxyl groups excluding tert-OH is 1. The Bertz CT molecular complexity index is 567. The standard InChI is InChI=1S/C21H30O4/c1-2-3-4-5-6-7-11-19(23)17-10-8-9-16(14-17)12-13-20-18(15-22)21(24)25-20/h8-10,14,18,20,22H,2-7,11-13,15H2,1H3/t18-,20-/m0/s1. The highest BCUT2D eigenvalue weighted by atomic mass is 16.6. The van der Waals surface area contributed by atoms with Gasteiger partial charge in [0.2, 0.25) is 0 Å². The normalized spacial score (nSPS) is 19.4. The van der Waals surface area contributed by atoms with Crippen LogP contribution >= 0.6 is 0 Å². The molecule has 4 nitrogen and oxygen atoms in total. The molecule has 0 amide bonds. The largest absolute Gasteiger partial charge is 0.461 e. The number of aryl methyl sites for hydroxylation is 1. The average molecular weight is 346 g/mol. The maximum atomic E-state index is 12.3. The first kappa shape index (κ1) is 19.6. The van der Waals surface area contributed by atoms with E-state index in [1.54, 1.807) is 0 Å². The monoisotopic (exact) mass is 346 g/mol. The predicted molar refractivity (Wildman–Crippen MR) is 97.5 cm³/mol. The van der Waals surface area contributed by atoms with Crippen molar-refractivity contribution in [2.75, 3.05) is 6.61 Å². The first-order valence-corrected chi connectivity index (χ1v) is 9.59. The summed E-state index contributed by atoms with van der Waals surface area (Å²) in [6.45, 7) is 2.05. The lowest BCUT2D eigenvalue weighted by Gasteiger charge is -2.33. The molecular formula is C21H30O4. The fourth-order valence-electron chi connectivity index (χ4n) is 3.27. The van der Waals surface area contributed by atoms with Crippen LogP contribution in [0.25, 0.3) is 0 Å². The first-order chi connectivity index (χ1) is 12.2. The number of hydrogen-bond donors (Lipinski definition) is 1.